The van der Waals surface area contributed by atoms with Gasteiger partial charge in [-0.2, -0.15) is 0 Å². The Bertz CT molecular complexity index is 605. The minimum absolute atomic E-state index is 0.406. The van der Waals surface area contributed by atoms with Gasteiger partial charge in [-0.1, -0.05) is 31.5 Å². The van der Waals surface area contributed by atoms with E-state index in [1.807, 2.05) is 38.1 Å². The number of halogens is 1. The minimum atomic E-state index is 0.406. The molecule has 0 aliphatic rings. The van der Waals surface area contributed by atoms with Gasteiger partial charge in [0.2, 0.25) is 0 Å². The van der Waals surface area contributed by atoms with E-state index in [0.717, 1.165) is 29.4 Å². The van der Waals surface area contributed by atoms with Crippen molar-refractivity contribution in [1.82, 2.24) is 5.32 Å². The average Bonchev–Trinajstić information content (AvgIpc) is 2.78. The van der Waals surface area contributed by atoms with E-state index >= 15 is 0 Å². The van der Waals surface area contributed by atoms with Gasteiger partial charge in [-0.05, 0) is 37.6 Å². The van der Waals surface area contributed by atoms with Crippen LogP contribution in [-0.2, 0) is 13.2 Å². The fraction of sp³-hybridized carbons (Fsp3) is 0.412. The molecule has 2 aromatic rings. The summed E-state index contributed by atoms with van der Waals surface area (Å²) in [6.45, 7) is 9.44. The van der Waals surface area contributed by atoms with E-state index in [2.05, 4.69) is 19.2 Å². The van der Waals surface area contributed by atoms with Crippen molar-refractivity contribution in [2.45, 2.75) is 46.9 Å². The van der Waals surface area contributed by atoms with Crippen LogP contribution in [-0.4, -0.2) is 6.04 Å². The summed E-state index contributed by atoms with van der Waals surface area (Å²) in [5, 5.41) is 4.06. The first kappa shape index (κ1) is 15.9. The second-order valence-electron chi connectivity index (χ2n) is 5.53. The lowest BCUT2D eigenvalue weighted by molar-refractivity contribution is 0.266. The van der Waals surface area contributed by atoms with E-state index in [1.54, 1.807) is 0 Å². The summed E-state index contributed by atoms with van der Waals surface area (Å²) < 4.78 is 11.5. The van der Waals surface area contributed by atoms with Gasteiger partial charge in [0.1, 0.15) is 23.9 Å². The molecule has 21 heavy (non-hydrogen) atoms. The zero-order valence-corrected chi connectivity index (χ0v) is 13.8. The van der Waals surface area contributed by atoms with Crippen LogP contribution < -0.4 is 10.1 Å². The molecule has 4 heteroatoms. The maximum atomic E-state index is 5.99. The third-order valence-corrected chi connectivity index (χ3v) is 3.53. The molecule has 1 N–H and O–H groups in total. The first-order valence-electron chi connectivity index (χ1n) is 7.16. The summed E-state index contributed by atoms with van der Waals surface area (Å²) in [7, 11) is 0. The van der Waals surface area contributed by atoms with Crippen LogP contribution in [0.25, 0.3) is 0 Å². The Morgan fingerprint density at radius 1 is 1.24 bits per heavy atom. The average molecular weight is 308 g/mol. The second-order valence-corrected chi connectivity index (χ2v) is 5.96. The quantitative estimate of drug-likeness (QED) is 0.845. The zero-order chi connectivity index (χ0) is 15.4. The highest BCUT2D eigenvalue weighted by Gasteiger charge is 2.09. The highest BCUT2D eigenvalue weighted by atomic mass is 35.5. The normalized spacial score (nSPS) is 11.1. The van der Waals surface area contributed by atoms with Crippen molar-refractivity contribution >= 4 is 11.6 Å². The largest absolute Gasteiger partial charge is 0.485 e. The molecular formula is C17H22ClNO2. The van der Waals surface area contributed by atoms with E-state index in [1.165, 1.54) is 5.56 Å². The summed E-state index contributed by atoms with van der Waals surface area (Å²) in [6, 6.07) is 8.13. The molecule has 0 aliphatic heterocycles. The van der Waals surface area contributed by atoms with E-state index in [4.69, 9.17) is 20.8 Å². The molecule has 3 nitrogen and oxygen atoms in total. The van der Waals surface area contributed by atoms with Crippen LogP contribution in [0.2, 0.25) is 5.02 Å². The lowest BCUT2D eigenvalue weighted by Gasteiger charge is -2.07. The van der Waals surface area contributed by atoms with Gasteiger partial charge in [0.25, 0.3) is 0 Å². The van der Waals surface area contributed by atoms with Gasteiger partial charge < -0.3 is 14.5 Å². The summed E-state index contributed by atoms with van der Waals surface area (Å²) in [5.74, 6) is 2.55. The molecule has 0 saturated carbocycles. The van der Waals surface area contributed by atoms with Gasteiger partial charge in [0, 0.05) is 23.2 Å². The first-order chi connectivity index (χ1) is 9.95. The molecule has 0 spiro atoms. The van der Waals surface area contributed by atoms with Crippen molar-refractivity contribution in [3.8, 4) is 5.75 Å². The van der Waals surface area contributed by atoms with Crippen molar-refractivity contribution < 1.29 is 9.15 Å². The van der Waals surface area contributed by atoms with Crippen LogP contribution in [0.15, 0.2) is 28.7 Å². The lowest BCUT2D eigenvalue weighted by Crippen LogP contribution is -2.21. The third-order valence-electron chi connectivity index (χ3n) is 3.29. The fourth-order valence-electron chi connectivity index (χ4n) is 2.03. The number of nitrogens with one attached hydrogen (secondary N) is 1. The number of rotatable bonds is 6. The first-order valence-corrected chi connectivity index (χ1v) is 7.54. The molecule has 114 valence electrons. The Kier molecular flexibility index (Phi) is 5.32. The predicted molar refractivity (Wildman–Crippen MR) is 85.9 cm³/mol. The van der Waals surface area contributed by atoms with Crippen LogP contribution in [0.1, 0.15) is 36.5 Å². The van der Waals surface area contributed by atoms with E-state index < -0.39 is 0 Å². The standard InChI is InChI=1S/C17H22ClNO2/c1-11(2)19-9-14-7-16(21-13(14)4)10-20-17-8-15(18)6-5-12(17)3/h5-8,11,19H,9-10H2,1-4H3. The van der Waals surface area contributed by atoms with E-state index in [-0.39, 0.29) is 0 Å². The van der Waals surface area contributed by atoms with Crippen LogP contribution in [0, 0.1) is 13.8 Å². The molecule has 0 saturated heterocycles. The Morgan fingerprint density at radius 3 is 2.71 bits per heavy atom. The molecule has 0 aliphatic carbocycles. The Balaban J connectivity index is 2.00. The maximum absolute atomic E-state index is 5.99. The van der Waals surface area contributed by atoms with Crippen LogP contribution >= 0.6 is 11.6 Å². The molecule has 0 atom stereocenters. The molecule has 0 fully saturated rings. The number of benzene rings is 1. The van der Waals surface area contributed by atoms with Gasteiger partial charge in [-0.15, -0.1) is 0 Å². The Hall–Kier alpha value is -1.45. The van der Waals surface area contributed by atoms with Crippen LogP contribution in [0.3, 0.4) is 0 Å². The van der Waals surface area contributed by atoms with Gasteiger partial charge in [0.15, 0.2) is 0 Å². The van der Waals surface area contributed by atoms with E-state index in [9.17, 15) is 0 Å². The summed E-state index contributed by atoms with van der Waals surface area (Å²) in [5.41, 5.74) is 2.23. The van der Waals surface area contributed by atoms with Crippen molar-refractivity contribution in [3.63, 3.8) is 0 Å². The minimum Gasteiger partial charge on any atom is -0.485 e. The van der Waals surface area contributed by atoms with E-state index in [0.29, 0.717) is 17.7 Å². The van der Waals surface area contributed by atoms with Gasteiger partial charge >= 0.3 is 0 Å². The summed E-state index contributed by atoms with van der Waals surface area (Å²) in [6.07, 6.45) is 0. The molecular weight excluding hydrogens is 286 g/mol. The lowest BCUT2D eigenvalue weighted by atomic mass is 10.2. The van der Waals surface area contributed by atoms with Crippen LogP contribution in [0.5, 0.6) is 5.75 Å². The van der Waals surface area contributed by atoms with Crippen LogP contribution in [0.4, 0.5) is 0 Å². The topological polar surface area (TPSA) is 34.4 Å². The third kappa shape index (κ3) is 4.51. The second kappa shape index (κ2) is 7.01. The number of hydrogen-bond donors (Lipinski definition) is 1. The van der Waals surface area contributed by atoms with Crippen molar-refractivity contribution in [2.75, 3.05) is 0 Å². The molecule has 0 unspecified atom stereocenters. The summed E-state index contributed by atoms with van der Waals surface area (Å²) >= 11 is 5.99. The number of aryl methyl sites for hydroxylation is 2. The van der Waals surface area contributed by atoms with Gasteiger partial charge in [-0.25, -0.2) is 0 Å². The summed E-state index contributed by atoms with van der Waals surface area (Å²) in [4.78, 5) is 0. The molecule has 0 bridgehead atoms. The van der Waals surface area contributed by atoms with Crippen molar-refractivity contribution in [1.29, 1.82) is 0 Å². The molecule has 1 heterocycles. The monoisotopic (exact) mass is 307 g/mol. The Morgan fingerprint density at radius 2 is 2.00 bits per heavy atom. The molecule has 0 radical (unpaired) electrons. The number of hydrogen-bond acceptors (Lipinski definition) is 3. The molecule has 0 amide bonds. The molecule has 2 rings (SSSR count). The highest BCUT2D eigenvalue weighted by Crippen LogP contribution is 2.24. The molecule has 1 aromatic carbocycles. The SMILES string of the molecule is Cc1ccc(Cl)cc1OCc1cc(CNC(C)C)c(C)o1. The Labute approximate surface area is 131 Å². The highest BCUT2D eigenvalue weighted by molar-refractivity contribution is 6.30. The van der Waals surface area contributed by atoms with Crippen molar-refractivity contribution in [2.24, 2.45) is 0 Å². The zero-order valence-electron chi connectivity index (χ0n) is 13.0. The van der Waals surface area contributed by atoms with Gasteiger partial charge in [0.05, 0.1) is 0 Å². The molecule has 1 aromatic heterocycles. The maximum Gasteiger partial charge on any atom is 0.146 e. The predicted octanol–water partition coefficient (Wildman–Crippen LogP) is 4.63. The smallest absolute Gasteiger partial charge is 0.146 e. The van der Waals surface area contributed by atoms with Gasteiger partial charge in [-0.3, -0.25) is 0 Å². The number of furan rings is 1. The number of ether oxygens (including phenoxy) is 1. The van der Waals surface area contributed by atoms with Crippen molar-refractivity contribution in [3.05, 3.63) is 51.9 Å². The fourth-order valence-corrected chi connectivity index (χ4v) is 2.19.